The molecular formula is C19H16F2N2O3. The number of rotatable bonds is 3. The summed E-state index contributed by atoms with van der Waals surface area (Å²) in [6.07, 6.45) is -0.137. The summed E-state index contributed by atoms with van der Waals surface area (Å²) in [5.74, 6) is -0.710. The Hall–Kier alpha value is -2.96. The Balaban J connectivity index is 1.38. The fourth-order valence-electron chi connectivity index (χ4n) is 3.11. The van der Waals surface area contributed by atoms with Gasteiger partial charge in [-0.2, -0.15) is 0 Å². The average Bonchev–Trinajstić information content (AvgIpc) is 3.14. The van der Waals surface area contributed by atoms with E-state index < -0.39 is 17.7 Å². The van der Waals surface area contributed by atoms with Gasteiger partial charge in [-0.1, -0.05) is 23.4 Å². The number of fused-ring (bicyclic) bond motifs is 1. The third-order valence-electron chi connectivity index (χ3n) is 4.43. The highest BCUT2D eigenvalue weighted by Crippen LogP contribution is 2.25. The molecule has 134 valence electrons. The van der Waals surface area contributed by atoms with E-state index in [1.165, 1.54) is 0 Å². The number of hydrogen-bond acceptors (Lipinski definition) is 4. The Morgan fingerprint density at radius 3 is 2.88 bits per heavy atom. The van der Waals surface area contributed by atoms with E-state index in [1.807, 2.05) is 24.3 Å². The van der Waals surface area contributed by atoms with Gasteiger partial charge in [-0.3, -0.25) is 4.79 Å². The molecule has 0 aliphatic carbocycles. The van der Waals surface area contributed by atoms with Gasteiger partial charge in [0.15, 0.2) is 0 Å². The van der Waals surface area contributed by atoms with E-state index >= 15 is 0 Å². The van der Waals surface area contributed by atoms with Crippen molar-refractivity contribution in [2.75, 3.05) is 6.61 Å². The molecule has 0 fully saturated rings. The van der Waals surface area contributed by atoms with Crippen molar-refractivity contribution < 1.29 is 23.1 Å². The zero-order valence-corrected chi connectivity index (χ0v) is 13.7. The molecule has 0 saturated carbocycles. The van der Waals surface area contributed by atoms with Crippen molar-refractivity contribution >= 4 is 11.6 Å². The van der Waals surface area contributed by atoms with E-state index in [4.69, 9.17) is 9.57 Å². The van der Waals surface area contributed by atoms with Crippen LogP contribution < -0.4 is 10.1 Å². The maximum absolute atomic E-state index is 13.8. The topological polar surface area (TPSA) is 59.9 Å². The molecule has 1 N–H and O–H groups in total. The van der Waals surface area contributed by atoms with Gasteiger partial charge in [0.05, 0.1) is 11.8 Å². The Labute approximate surface area is 148 Å². The monoisotopic (exact) mass is 358 g/mol. The number of para-hydroxylation sites is 1. The minimum Gasteiger partial charge on any atom is -0.491 e. The van der Waals surface area contributed by atoms with Gasteiger partial charge >= 0.3 is 0 Å². The molecule has 2 aliphatic heterocycles. The fraction of sp³-hybridized carbons (Fsp3) is 0.263. The van der Waals surface area contributed by atoms with Crippen molar-refractivity contribution in [3.05, 3.63) is 65.2 Å². The minimum absolute atomic E-state index is 0.00947. The number of hydrogen-bond donors (Lipinski definition) is 1. The molecule has 0 bridgehead atoms. The second-order valence-corrected chi connectivity index (χ2v) is 6.29. The molecule has 2 atom stereocenters. The molecule has 0 saturated heterocycles. The van der Waals surface area contributed by atoms with Gasteiger partial charge in [-0.25, -0.2) is 8.78 Å². The summed E-state index contributed by atoms with van der Waals surface area (Å²) in [5.41, 5.74) is 1.25. The van der Waals surface area contributed by atoms with E-state index in [9.17, 15) is 13.6 Å². The zero-order valence-electron chi connectivity index (χ0n) is 13.7. The van der Waals surface area contributed by atoms with Crippen molar-refractivity contribution in [2.24, 2.45) is 5.16 Å². The van der Waals surface area contributed by atoms with Gasteiger partial charge in [-0.05, 0) is 36.2 Å². The average molecular weight is 358 g/mol. The largest absolute Gasteiger partial charge is 0.491 e. The number of benzene rings is 2. The highest BCUT2D eigenvalue weighted by Gasteiger charge is 2.32. The summed E-state index contributed by atoms with van der Waals surface area (Å²) in [4.78, 5) is 17.6. The maximum atomic E-state index is 13.8. The van der Waals surface area contributed by atoms with E-state index in [2.05, 4.69) is 10.5 Å². The third-order valence-corrected chi connectivity index (χ3v) is 4.43. The third kappa shape index (κ3) is 3.24. The van der Waals surface area contributed by atoms with Gasteiger partial charge < -0.3 is 14.9 Å². The Morgan fingerprint density at radius 2 is 2.00 bits per heavy atom. The van der Waals surface area contributed by atoms with Crippen LogP contribution in [0.1, 0.15) is 17.5 Å². The van der Waals surface area contributed by atoms with Crippen molar-refractivity contribution in [1.29, 1.82) is 0 Å². The quantitative estimate of drug-likeness (QED) is 0.917. The molecule has 0 spiro atoms. The van der Waals surface area contributed by atoms with Crippen LogP contribution in [-0.2, 0) is 16.1 Å². The fourth-order valence-corrected chi connectivity index (χ4v) is 3.11. The minimum atomic E-state index is -0.871. The first-order valence-electron chi connectivity index (χ1n) is 8.29. The van der Waals surface area contributed by atoms with Crippen LogP contribution in [-0.4, -0.2) is 30.4 Å². The Kier molecular flexibility index (Phi) is 4.28. The molecule has 0 unspecified atom stereocenters. The number of carbonyl (C=O) groups excluding carboxylic acids is 1. The van der Waals surface area contributed by atoms with E-state index in [-0.39, 0.29) is 29.6 Å². The first-order valence-corrected chi connectivity index (χ1v) is 8.29. The lowest BCUT2D eigenvalue weighted by Crippen LogP contribution is -2.46. The van der Waals surface area contributed by atoms with Crippen molar-refractivity contribution in [3.8, 4) is 5.75 Å². The Bertz CT molecular complexity index is 885. The van der Waals surface area contributed by atoms with E-state index in [1.54, 1.807) is 0 Å². The highest BCUT2D eigenvalue weighted by atomic mass is 19.1. The molecule has 0 aromatic heterocycles. The second kappa shape index (κ2) is 6.74. The van der Waals surface area contributed by atoms with Gasteiger partial charge in [0.2, 0.25) is 6.10 Å². The van der Waals surface area contributed by atoms with Crippen LogP contribution in [0.4, 0.5) is 8.78 Å². The standard InChI is InChI=1S/C19H16F2N2O3/c20-12-5-6-15(21)14(8-12)16-9-18(26-23-16)19(24)22-13-7-11-3-1-2-4-17(11)25-10-13/h1-6,8,13,18H,7,9-10H2,(H,22,24)/t13-,18-/m1/s1. The highest BCUT2D eigenvalue weighted by molar-refractivity contribution is 6.04. The summed E-state index contributed by atoms with van der Waals surface area (Å²) >= 11 is 0. The van der Waals surface area contributed by atoms with Gasteiger partial charge in [0, 0.05) is 12.0 Å². The predicted molar refractivity (Wildman–Crippen MR) is 90.0 cm³/mol. The summed E-state index contributed by atoms with van der Waals surface area (Å²) in [6.45, 7) is 0.363. The number of carbonyl (C=O) groups is 1. The first-order chi connectivity index (χ1) is 12.6. The smallest absolute Gasteiger partial charge is 0.264 e. The van der Waals surface area contributed by atoms with E-state index in [0.717, 1.165) is 29.5 Å². The molecule has 1 amide bonds. The lowest BCUT2D eigenvalue weighted by Gasteiger charge is -2.26. The molecule has 2 aliphatic rings. The van der Waals surface area contributed by atoms with E-state index in [0.29, 0.717) is 13.0 Å². The van der Waals surface area contributed by atoms with Gasteiger partial charge in [0.25, 0.3) is 5.91 Å². The summed E-state index contributed by atoms with van der Waals surface area (Å²) < 4.78 is 32.8. The van der Waals surface area contributed by atoms with Crippen LogP contribution in [0.15, 0.2) is 47.6 Å². The summed E-state index contributed by atoms with van der Waals surface area (Å²) in [7, 11) is 0. The van der Waals surface area contributed by atoms with Crippen LogP contribution in [0.2, 0.25) is 0 Å². The summed E-state index contributed by atoms with van der Waals surface area (Å²) in [5, 5.41) is 6.63. The molecule has 26 heavy (non-hydrogen) atoms. The molecule has 5 nitrogen and oxygen atoms in total. The van der Waals surface area contributed by atoms with Crippen LogP contribution in [0.3, 0.4) is 0 Å². The van der Waals surface area contributed by atoms with Gasteiger partial charge in [0.1, 0.15) is 24.0 Å². The first kappa shape index (κ1) is 16.5. The van der Waals surface area contributed by atoms with Gasteiger partial charge in [-0.15, -0.1) is 0 Å². The maximum Gasteiger partial charge on any atom is 0.264 e. The molecule has 4 rings (SSSR count). The number of halogens is 2. The van der Waals surface area contributed by atoms with Crippen molar-refractivity contribution in [1.82, 2.24) is 5.32 Å². The Morgan fingerprint density at radius 1 is 1.15 bits per heavy atom. The SMILES string of the molecule is O=C(N[C@H]1COc2ccccc2C1)[C@H]1CC(c2cc(F)ccc2F)=NO1. The molecule has 2 heterocycles. The molecule has 2 aromatic rings. The number of nitrogens with zero attached hydrogens (tertiary/aromatic N) is 1. The van der Waals surface area contributed by atoms with Crippen molar-refractivity contribution in [3.63, 3.8) is 0 Å². The van der Waals surface area contributed by atoms with Crippen LogP contribution in [0.25, 0.3) is 0 Å². The van der Waals surface area contributed by atoms with Crippen LogP contribution in [0.5, 0.6) is 5.75 Å². The molecule has 2 aromatic carbocycles. The summed E-state index contributed by atoms with van der Waals surface area (Å²) in [6, 6.07) is 10.6. The number of nitrogens with one attached hydrogen (secondary N) is 1. The van der Waals surface area contributed by atoms with Crippen LogP contribution >= 0.6 is 0 Å². The lowest BCUT2D eigenvalue weighted by atomic mass is 10.0. The number of amides is 1. The van der Waals surface area contributed by atoms with Crippen molar-refractivity contribution in [2.45, 2.75) is 25.0 Å². The second-order valence-electron chi connectivity index (χ2n) is 6.29. The number of oxime groups is 1. The zero-order chi connectivity index (χ0) is 18.1. The molecule has 0 radical (unpaired) electrons. The normalized spacial score (nSPS) is 21.2. The number of ether oxygens (including phenoxy) is 1. The molecular weight excluding hydrogens is 342 g/mol. The molecule has 7 heteroatoms. The lowest BCUT2D eigenvalue weighted by molar-refractivity contribution is -0.132. The predicted octanol–water partition coefficient (Wildman–Crippen LogP) is 2.58. The van der Waals surface area contributed by atoms with Crippen LogP contribution in [0, 0.1) is 11.6 Å².